The third kappa shape index (κ3) is 4.16. The number of sulfonamides is 1. The molecule has 1 N–H and O–H groups in total. The molecule has 1 atom stereocenters. The minimum atomic E-state index is -3.70. The third-order valence-corrected chi connectivity index (χ3v) is 7.91. The van der Waals surface area contributed by atoms with E-state index in [0.29, 0.717) is 24.8 Å². The zero-order chi connectivity index (χ0) is 19.7. The van der Waals surface area contributed by atoms with Crippen LogP contribution in [0.3, 0.4) is 0 Å². The van der Waals surface area contributed by atoms with E-state index in [1.54, 1.807) is 6.07 Å². The molecule has 1 saturated carbocycles. The summed E-state index contributed by atoms with van der Waals surface area (Å²) in [5, 5.41) is 14.9. The third-order valence-electron chi connectivity index (χ3n) is 6.01. The summed E-state index contributed by atoms with van der Waals surface area (Å²) < 4.78 is 27.4. The van der Waals surface area contributed by atoms with Crippen molar-refractivity contribution in [2.75, 3.05) is 31.5 Å². The zero-order valence-corrected chi connectivity index (χ0v) is 16.9. The van der Waals surface area contributed by atoms with Crippen molar-refractivity contribution in [1.82, 2.24) is 9.21 Å². The zero-order valence-electron chi connectivity index (χ0n) is 16.0. The average Bonchev–Trinajstić information content (AvgIpc) is 3.46. The van der Waals surface area contributed by atoms with Crippen LogP contribution in [0.1, 0.15) is 44.9 Å². The van der Waals surface area contributed by atoms with Crippen LogP contribution in [0.4, 0.5) is 11.4 Å². The Morgan fingerprint density at radius 1 is 1.04 bits per heavy atom. The van der Waals surface area contributed by atoms with Gasteiger partial charge in [0.2, 0.25) is 10.0 Å². The van der Waals surface area contributed by atoms with Crippen molar-refractivity contribution in [1.29, 1.82) is 0 Å². The molecule has 3 aliphatic rings. The standard InChI is InChI=1S/C19H28N4O4S/c24-23(25)19-13-17(28(26,27)22-10-3-1-2-4-11-22)7-8-18(19)20-15-9-12-21(14-15)16-5-6-16/h7-8,13,15-16,20H,1-6,9-12,14H2/t15-/m1/s1. The van der Waals surface area contributed by atoms with Gasteiger partial charge in [0.25, 0.3) is 5.69 Å². The van der Waals surface area contributed by atoms with Crippen molar-refractivity contribution in [2.45, 2.75) is 61.9 Å². The highest BCUT2D eigenvalue weighted by atomic mass is 32.2. The molecule has 8 nitrogen and oxygen atoms in total. The van der Waals surface area contributed by atoms with Crippen LogP contribution >= 0.6 is 0 Å². The Kier molecular flexibility index (Phi) is 5.57. The topological polar surface area (TPSA) is 95.8 Å². The SMILES string of the molecule is O=[N+]([O-])c1cc(S(=O)(=O)N2CCCCCC2)ccc1N[C@@H]1CCN(C2CC2)C1. The molecule has 28 heavy (non-hydrogen) atoms. The Morgan fingerprint density at radius 3 is 2.39 bits per heavy atom. The monoisotopic (exact) mass is 408 g/mol. The van der Waals surface area contributed by atoms with Crippen molar-refractivity contribution in [3.05, 3.63) is 28.3 Å². The van der Waals surface area contributed by atoms with Gasteiger partial charge in [-0.15, -0.1) is 0 Å². The van der Waals surface area contributed by atoms with Crippen molar-refractivity contribution in [3.8, 4) is 0 Å². The molecule has 1 aliphatic carbocycles. The number of benzene rings is 1. The first-order valence-electron chi connectivity index (χ1n) is 10.2. The van der Waals surface area contributed by atoms with Gasteiger partial charge in [0.15, 0.2) is 0 Å². The smallest absolute Gasteiger partial charge is 0.293 e. The molecule has 9 heteroatoms. The fourth-order valence-corrected chi connectivity index (χ4v) is 5.81. The van der Waals surface area contributed by atoms with Gasteiger partial charge in [-0.3, -0.25) is 15.0 Å². The van der Waals surface area contributed by atoms with Crippen LogP contribution < -0.4 is 5.32 Å². The summed E-state index contributed by atoms with van der Waals surface area (Å²) in [7, 11) is -3.70. The number of rotatable bonds is 6. The number of nitro benzene ring substituents is 1. The maximum atomic E-state index is 13.0. The summed E-state index contributed by atoms with van der Waals surface area (Å²) >= 11 is 0. The van der Waals surface area contributed by atoms with Crippen LogP contribution in [0.5, 0.6) is 0 Å². The van der Waals surface area contributed by atoms with E-state index in [4.69, 9.17) is 0 Å². The fraction of sp³-hybridized carbons (Fsp3) is 0.684. The largest absolute Gasteiger partial charge is 0.375 e. The molecule has 0 bridgehead atoms. The van der Waals surface area contributed by atoms with Gasteiger partial charge in [0, 0.05) is 44.3 Å². The molecule has 0 spiro atoms. The molecule has 1 aromatic carbocycles. The van der Waals surface area contributed by atoms with Gasteiger partial charge >= 0.3 is 0 Å². The molecule has 0 radical (unpaired) electrons. The summed E-state index contributed by atoms with van der Waals surface area (Å²) in [5.74, 6) is 0. The molecule has 154 valence electrons. The van der Waals surface area contributed by atoms with Gasteiger partial charge in [-0.1, -0.05) is 12.8 Å². The Hall–Kier alpha value is -1.71. The predicted octanol–water partition coefficient (Wildman–Crippen LogP) is 2.81. The van der Waals surface area contributed by atoms with Crippen LogP contribution in [-0.2, 0) is 10.0 Å². The van der Waals surface area contributed by atoms with Crippen LogP contribution in [0.15, 0.2) is 23.1 Å². The van der Waals surface area contributed by atoms with E-state index in [2.05, 4.69) is 10.2 Å². The Morgan fingerprint density at radius 2 is 1.75 bits per heavy atom. The Balaban J connectivity index is 1.53. The number of hydrogen-bond acceptors (Lipinski definition) is 6. The number of nitro groups is 1. The summed E-state index contributed by atoms with van der Waals surface area (Å²) in [4.78, 5) is 13.6. The highest BCUT2D eigenvalue weighted by molar-refractivity contribution is 7.89. The maximum Gasteiger partial charge on any atom is 0.293 e. The summed E-state index contributed by atoms with van der Waals surface area (Å²) in [5.41, 5.74) is 0.239. The van der Waals surface area contributed by atoms with E-state index in [9.17, 15) is 18.5 Å². The van der Waals surface area contributed by atoms with E-state index in [1.807, 2.05) is 0 Å². The first-order valence-corrected chi connectivity index (χ1v) is 11.7. The number of likely N-dealkylation sites (tertiary alicyclic amines) is 1. The molecule has 0 aromatic heterocycles. The lowest BCUT2D eigenvalue weighted by Crippen LogP contribution is -2.32. The molecule has 0 amide bonds. The van der Waals surface area contributed by atoms with Gasteiger partial charge < -0.3 is 5.32 Å². The highest BCUT2D eigenvalue weighted by Gasteiger charge is 2.35. The molecule has 2 aliphatic heterocycles. The fourth-order valence-electron chi connectivity index (χ4n) is 4.27. The molecule has 0 unspecified atom stereocenters. The summed E-state index contributed by atoms with van der Waals surface area (Å²) in [6.07, 6.45) is 7.15. The lowest BCUT2D eigenvalue weighted by molar-refractivity contribution is -0.384. The van der Waals surface area contributed by atoms with E-state index >= 15 is 0 Å². The summed E-state index contributed by atoms with van der Waals surface area (Å²) in [6.45, 7) is 2.86. The number of nitrogens with zero attached hydrogens (tertiary/aromatic N) is 3. The minimum Gasteiger partial charge on any atom is -0.375 e. The normalized spacial score (nSPS) is 24.8. The highest BCUT2D eigenvalue weighted by Crippen LogP contribution is 2.33. The van der Waals surface area contributed by atoms with Crippen molar-refractivity contribution in [3.63, 3.8) is 0 Å². The molecule has 2 heterocycles. The van der Waals surface area contributed by atoms with Crippen LogP contribution in [0.2, 0.25) is 0 Å². The molecule has 2 saturated heterocycles. The van der Waals surface area contributed by atoms with Crippen molar-refractivity contribution < 1.29 is 13.3 Å². The molecular formula is C19H28N4O4S. The average molecular weight is 409 g/mol. The first-order chi connectivity index (χ1) is 13.4. The number of hydrogen-bond donors (Lipinski definition) is 1. The number of nitrogens with one attached hydrogen (secondary N) is 1. The van der Waals surface area contributed by atoms with E-state index in [-0.39, 0.29) is 16.6 Å². The van der Waals surface area contributed by atoms with Gasteiger partial charge in [0.05, 0.1) is 9.82 Å². The van der Waals surface area contributed by atoms with Gasteiger partial charge in [-0.2, -0.15) is 4.31 Å². The molecular weight excluding hydrogens is 380 g/mol. The van der Waals surface area contributed by atoms with Gasteiger partial charge in [0.1, 0.15) is 5.69 Å². The van der Waals surface area contributed by atoms with Gasteiger partial charge in [-0.25, -0.2) is 8.42 Å². The van der Waals surface area contributed by atoms with Gasteiger partial charge in [-0.05, 0) is 44.2 Å². The Labute approximate surface area is 166 Å². The predicted molar refractivity (Wildman–Crippen MR) is 107 cm³/mol. The lowest BCUT2D eigenvalue weighted by Gasteiger charge is -2.20. The van der Waals surface area contributed by atoms with Crippen LogP contribution in [0, 0.1) is 10.1 Å². The van der Waals surface area contributed by atoms with Crippen LogP contribution in [-0.4, -0.2) is 60.8 Å². The quantitative estimate of drug-likeness (QED) is 0.574. The van der Waals surface area contributed by atoms with E-state index in [0.717, 1.165) is 45.2 Å². The van der Waals surface area contributed by atoms with Crippen molar-refractivity contribution >= 4 is 21.4 Å². The maximum absolute atomic E-state index is 13.0. The molecule has 1 aromatic rings. The lowest BCUT2D eigenvalue weighted by atomic mass is 10.2. The van der Waals surface area contributed by atoms with E-state index < -0.39 is 14.9 Å². The molecule has 3 fully saturated rings. The Bertz CT molecular complexity index is 832. The second kappa shape index (κ2) is 7.96. The summed E-state index contributed by atoms with van der Waals surface area (Å²) in [6, 6.07) is 5.12. The first kappa shape index (κ1) is 19.6. The van der Waals surface area contributed by atoms with E-state index in [1.165, 1.54) is 29.3 Å². The number of anilines is 1. The van der Waals surface area contributed by atoms with Crippen molar-refractivity contribution in [2.24, 2.45) is 0 Å². The second-order valence-electron chi connectivity index (χ2n) is 8.11. The second-order valence-corrected chi connectivity index (χ2v) is 10.0. The molecule has 4 rings (SSSR count). The van der Waals surface area contributed by atoms with Crippen LogP contribution in [0.25, 0.3) is 0 Å². The minimum absolute atomic E-state index is 0.0117.